The summed E-state index contributed by atoms with van der Waals surface area (Å²) < 4.78 is 5.54. The van der Waals surface area contributed by atoms with Gasteiger partial charge < -0.3 is 20.9 Å². The Morgan fingerprint density at radius 2 is 2.32 bits per heavy atom. The van der Waals surface area contributed by atoms with Crippen molar-refractivity contribution in [1.29, 1.82) is 0 Å². The first-order chi connectivity index (χ1) is 9.22. The molecule has 0 aromatic carbocycles. The third kappa shape index (κ3) is 4.63. The Kier molecular flexibility index (Phi) is 6.46. The van der Waals surface area contributed by atoms with Gasteiger partial charge in [0, 0.05) is 13.2 Å². The number of likely N-dealkylation sites (N-methyl/N-ethyl adjacent to an activating group) is 1. The third-order valence-corrected chi connectivity index (χ3v) is 2.53. The van der Waals surface area contributed by atoms with Crippen molar-refractivity contribution >= 4 is 0 Å². The van der Waals surface area contributed by atoms with E-state index in [2.05, 4.69) is 10.3 Å². The zero-order valence-corrected chi connectivity index (χ0v) is 11.4. The van der Waals surface area contributed by atoms with Gasteiger partial charge in [0.15, 0.2) is 0 Å². The van der Waals surface area contributed by atoms with Crippen LogP contribution in [0.4, 0.5) is 0 Å². The van der Waals surface area contributed by atoms with E-state index in [-0.39, 0.29) is 6.61 Å². The topological polar surface area (TPSA) is 80.4 Å². The minimum Gasteiger partial charge on any atom is -0.487 e. The average Bonchev–Trinajstić information content (AvgIpc) is 2.45. The fourth-order valence-electron chi connectivity index (χ4n) is 1.57. The number of nitrogens with one attached hydrogen (secondary N) is 1. The van der Waals surface area contributed by atoms with Crippen molar-refractivity contribution in [2.75, 3.05) is 13.7 Å². The van der Waals surface area contributed by atoms with Crippen molar-refractivity contribution in [2.24, 2.45) is 5.73 Å². The SMILES string of the molecule is CC/C=C(NC)\C(N)=C/COc1cccnc1CO. The molecule has 104 valence electrons. The molecule has 0 fully saturated rings. The predicted molar refractivity (Wildman–Crippen MR) is 75.4 cm³/mol. The Morgan fingerprint density at radius 1 is 1.53 bits per heavy atom. The Morgan fingerprint density at radius 3 is 2.95 bits per heavy atom. The molecule has 4 N–H and O–H groups in total. The fourth-order valence-corrected chi connectivity index (χ4v) is 1.57. The summed E-state index contributed by atoms with van der Waals surface area (Å²) in [6.45, 7) is 2.23. The Hall–Kier alpha value is -2.01. The van der Waals surface area contributed by atoms with Crippen molar-refractivity contribution in [3.05, 3.63) is 47.6 Å². The number of rotatable bonds is 7. The molecular formula is C14H21N3O2. The standard InChI is InChI=1S/C14H21N3O2/c1-3-5-12(16-2)11(15)7-9-19-14-6-4-8-17-13(14)10-18/h4-8,16,18H,3,9-10,15H2,1-2H3/b11-7+,12-5+. The number of nitrogens with two attached hydrogens (primary N) is 1. The van der Waals surface area contributed by atoms with Gasteiger partial charge in [-0.2, -0.15) is 0 Å². The van der Waals surface area contributed by atoms with Crippen LogP contribution < -0.4 is 15.8 Å². The summed E-state index contributed by atoms with van der Waals surface area (Å²) in [5.41, 5.74) is 7.98. The Labute approximate surface area is 113 Å². The molecule has 0 saturated carbocycles. The Balaban J connectivity index is 2.64. The number of allylic oxidation sites excluding steroid dienone is 1. The summed E-state index contributed by atoms with van der Waals surface area (Å²) in [6.07, 6.45) is 6.32. The van der Waals surface area contributed by atoms with Crippen molar-refractivity contribution in [2.45, 2.75) is 20.0 Å². The van der Waals surface area contributed by atoms with Crippen LogP contribution in [-0.2, 0) is 6.61 Å². The minimum atomic E-state index is -0.146. The maximum absolute atomic E-state index is 9.12. The quantitative estimate of drug-likeness (QED) is 0.646. The highest BCUT2D eigenvalue weighted by atomic mass is 16.5. The number of ether oxygens (including phenoxy) is 1. The van der Waals surface area contributed by atoms with E-state index in [0.717, 1.165) is 12.1 Å². The number of aromatic nitrogens is 1. The lowest BCUT2D eigenvalue weighted by molar-refractivity contribution is 0.264. The molecule has 1 aromatic rings. The molecule has 1 rings (SSSR count). The molecule has 0 atom stereocenters. The summed E-state index contributed by atoms with van der Waals surface area (Å²) in [5.74, 6) is 0.569. The number of pyridine rings is 1. The number of aliphatic hydroxyl groups excluding tert-OH is 1. The lowest BCUT2D eigenvalue weighted by atomic mass is 10.2. The van der Waals surface area contributed by atoms with Gasteiger partial charge in [0.1, 0.15) is 18.1 Å². The highest BCUT2D eigenvalue weighted by molar-refractivity contribution is 5.28. The van der Waals surface area contributed by atoms with Crippen LogP contribution in [0.25, 0.3) is 0 Å². The molecule has 5 heteroatoms. The van der Waals surface area contributed by atoms with E-state index in [4.69, 9.17) is 15.6 Å². The molecule has 0 aliphatic rings. The third-order valence-electron chi connectivity index (χ3n) is 2.53. The van der Waals surface area contributed by atoms with Gasteiger partial charge in [-0.1, -0.05) is 13.0 Å². The first kappa shape index (κ1) is 15.0. The molecule has 1 heterocycles. The first-order valence-electron chi connectivity index (χ1n) is 6.24. The predicted octanol–water partition coefficient (Wildman–Crippen LogP) is 1.31. The van der Waals surface area contributed by atoms with E-state index in [1.807, 2.05) is 20.0 Å². The molecule has 0 spiro atoms. The van der Waals surface area contributed by atoms with E-state index in [0.29, 0.717) is 23.7 Å². The molecule has 0 aliphatic heterocycles. The van der Waals surface area contributed by atoms with Crippen molar-refractivity contribution < 1.29 is 9.84 Å². The highest BCUT2D eigenvalue weighted by Crippen LogP contribution is 2.15. The zero-order valence-electron chi connectivity index (χ0n) is 11.4. The summed E-state index contributed by atoms with van der Waals surface area (Å²) in [4.78, 5) is 4.02. The molecule has 1 aromatic heterocycles. The average molecular weight is 263 g/mol. The fraction of sp³-hybridized carbons (Fsp3) is 0.357. The van der Waals surface area contributed by atoms with E-state index >= 15 is 0 Å². The molecule has 0 amide bonds. The summed E-state index contributed by atoms with van der Waals surface area (Å²) in [6, 6.07) is 3.53. The van der Waals surface area contributed by atoms with Gasteiger partial charge in [-0.05, 0) is 24.6 Å². The lowest BCUT2D eigenvalue weighted by Gasteiger charge is -2.09. The first-order valence-corrected chi connectivity index (χ1v) is 6.24. The molecule has 19 heavy (non-hydrogen) atoms. The number of hydrogen-bond acceptors (Lipinski definition) is 5. The van der Waals surface area contributed by atoms with Gasteiger partial charge in [-0.15, -0.1) is 0 Å². The largest absolute Gasteiger partial charge is 0.487 e. The lowest BCUT2D eigenvalue weighted by Crippen LogP contribution is -2.15. The van der Waals surface area contributed by atoms with Crippen LogP contribution in [0.15, 0.2) is 41.9 Å². The van der Waals surface area contributed by atoms with Gasteiger partial charge in [0.05, 0.1) is 18.0 Å². The van der Waals surface area contributed by atoms with Crippen LogP contribution >= 0.6 is 0 Å². The van der Waals surface area contributed by atoms with Crippen LogP contribution in [0.2, 0.25) is 0 Å². The van der Waals surface area contributed by atoms with Gasteiger partial charge in [-0.3, -0.25) is 4.98 Å². The maximum Gasteiger partial charge on any atom is 0.143 e. The van der Waals surface area contributed by atoms with E-state index in [1.165, 1.54) is 0 Å². The van der Waals surface area contributed by atoms with Crippen molar-refractivity contribution in [1.82, 2.24) is 10.3 Å². The van der Waals surface area contributed by atoms with Crippen LogP contribution in [0.5, 0.6) is 5.75 Å². The maximum atomic E-state index is 9.12. The van der Waals surface area contributed by atoms with Crippen LogP contribution in [0, 0.1) is 0 Å². The van der Waals surface area contributed by atoms with Crippen molar-refractivity contribution in [3.8, 4) is 5.75 Å². The number of hydrogen-bond donors (Lipinski definition) is 3. The van der Waals surface area contributed by atoms with Gasteiger partial charge in [0.25, 0.3) is 0 Å². The summed E-state index contributed by atoms with van der Waals surface area (Å²) in [5, 5.41) is 12.2. The normalized spacial score (nSPS) is 12.4. The van der Waals surface area contributed by atoms with Crippen LogP contribution in [0.1, 0.15) is 19.0 Å². The zero-order chi connectivity index (χ0) is 14.1. The second-order valence-corrected chi connectivity index (χ2v) is 3.85. The monoisotopic (exact) mass is 263 g/mol. The smallest absolute Gasteiger partial charge is 0.143 e. The molecule has 0 aliphatic carbocycles. The number of aliphatic hydroxyl groups is 1. The summed E-state index contributed by atoms with van der Waals surface area (Å²) >= 11 is 0. The van der Waals surface area contributed by atoms with E-state index < -0.39 is 0 Å². The number of nitrogens with zero attached hydrogens (tertiary/aromatic N) is 1. The molecule has 0 saturated heterocycles. The van der Waals surface area contributed by atoms with E-state index in [1.54, 1.807) is 24.4 Å². The molecule has 0 bridgehead atoms. The Bertz CT molecular complexity index is 456. The van der Waals surface area contributed by atoms with Gasteiger partial charge in [-0.25, -0.2) is 0 Å². The second-order valence-electron chi connectivity index (χ2n) is 3.85. The van der Waals surface area contributed by atoms with Gasteiger partial charge in [0.2, 0.25) is 0 Å². The molecular weight excluding hydrogens is 242 g/mol. The van der Waals surface area contributed by atoms with Crippen molar-refractivity contribution in [3.63, 3.8) is 0 Å². The van der Waals surface area contributed by atoms with Crippen LogP contribution in [0.3, 0.4) is 0 Å². The van der Waals surface area contributed by atoms with Crippen LogP contribution in [-0.4, -0.2) is 23.7 Å². The van der Waals surface area contributed by atoms with E-state index in [9.17, 15) is 0 Å². The highest BCUT2D eigenvalue weighted by Gasteiger charge is 2.02. The second kappa shape index (κ2) is 8.16. The molecule has 5 nitrogen and oxygen atoms in total. The molecule has 0 unspecified atom stereocenters. The minimum absolute atomic E-state index is 0.146. The van der Waals surface area contributed by atoms with Gasteiger partial charge >= 0.3 is 0 Å². The summed E-state index contributed by atoms with van der Waals surface area (Å²) in [7, 11) is 1.83. The molecule has 0 radical (unpaired) electrons.